The number of carboxylic acid groups (broad SMARTS) is 1. The molecule has 2 fully saturated rings. The lowest BCUT2D eigenvalue weighted by Crippen LogP contribution is -2.56. The van der Waals surface area contributed by atoms with Crippen LogP contribution in [0.4, 0.5) is 24.7 Å². The van der Waals surface area contributed by atoms with Gasteiger partial charge in [0, 0.05) is 25.0 Å². The van der Waals surface area contributed by atoms with E-state index in [0.29, 0.717) is 40.7 Å². The molecule has 1 saturated heterocycles. The van der Waals surface area contributed by atoms with Crippen molar-refractivity contribution >= 4 is 35.0 Å². The van der Waals surface area contributed by atoms with Gasteiger partial charge < -0.3 is 20.6 Å². The summed E-state index contributed by atoms with van der Waals surface area (Å²) in [5.41, 5.74) is 1.16. The SMILES string of the molecule is Cc1cc(C(F)(F)F)ccc1NC1CN(c2ncc(Cl)cc2C(=O)NC2(c3ccc(C(=O)O)cc3)CC2)C1. The monoisotopic (exact) mass is 544 g/mol. The van der Waals surface area contributed by atoms with Crippen molar-refractivity contribution in [2.45, 2.75) is 37.5 Å². The molecule has 2 heterocycles. The summed E-state index contributed by atoms with van der Waals surface area (Å²) < 4.78 is 38.9. The lowest BCUT2D eigenvalue weighted by Gasteiger charge is -2.42. The number of nitrogens with zero attached hydrogens (tertiary/aromatic N) is 2. The summed E-state index contributed by atoms with van der Waals surface area (Å²) in [5, 5.41) is 15.8. The summed E-state index contributed by atoms with van der Waals surface area (Å²) in [6.07, 6.45) is -1.49. The Balaban J connectivity index is 1.27. The normalized spacial score (nSPS) is 16.5. The topological polar surface area (TPSA) is 94.6 Å². The highest BCUT2D eigenvalue weighted by atomic mass is 35.5. The summed E-state index contributed by atoms with van der Waals surface area (Å²) in [7, 11) is 0. The lowest BCUT2D eigenvalue weighted by atomic mass is 10.0. The maximum Gasteiger partial charge on any atom is 0.416 e. The fourth-order valence-electron chi connectivity index (χ4n) is 4.64. The van der Waals surface area contributed by atoms with Gasteiger partial charge in [-0.05, 0) is 67.3 Å². The van der Waals surface area contributed by atoms with Crippen LogP contribution in [0.3, 0.4) is 0 Å². The number of aromatic carboxylic acids is 1. The van der Waals surface area contributed by atoms with Crippen molar-refractivity contribution in [3.05, 3.63) is 87.6 Å². The first kappa shape index (κ1) is 25.8. The lowest BCUT2D eigenvalue weighted by molar-refractivity contribution is -0.137. The van der Waals surface area contributed by atoms with E-state index in [2.05, 4.69) is 15.6 Å². The second-order valence-electron chi connectivity index (χ2n) is 9.72. The Morgan fingerprint density at radius 2 is 1.79 bits per heavy atom. The molecule has 1 saturated carbocycles. The van der Waals surface area contributed by atoms with Crippen LogP contribution in [0.1, 0.15) is 50.2 Å². The molecule has 11 heteroatoms. The molecule has 2 aromatic carbocycles. The Morgan fingerprint density at radius 1 is 1.11 bits per heavy atom. The second-order valence-corrected chi connectivity index (χ2v) is 10.2. The fraction of sp³-hybridized carbons (Fsp3) is 0.296. The van der Waals surface area contributed by atoms with Gasteiger partial charge in [-0.25, -0.2) is 9.78 Å². The highest BCUT2D eigenvalue weighted by molar-refractivity contribution is 6.31. The third kappa shape index (κ3) is 5.13. The van der Waals surface area contributed by atoms with Crippen molar-refractivity contribution < 1.29 is 27.9 Å². The molecule has 3 N–H and O–H groups in total. The zero-order chi connectivity index (χ0) is 27.2. The van der Waals surface area contributed by atoms with Gasteiger partial charge in [0.25, 0.3) is 5.91 Å². The average molecular weight is 545 g/mol. The van der Waals surface area contributed by atoms with Crippen LogP contribution in [-0.4, -0.2) is 41.1 Å². The molecule has 5 rings (SSSR count). The van der Waals surface area contributed by atoms with Crippen molar-refractivity contribution in [1.82, 2.24) is 10.3 Å². The molecule has 1 aliphatic carbocycles. The predicted molar refractivity (Wildman–Crippen MR) is 137 cm³/mol. The molecular weight excluding hydrogens is 521 g/mol. The molecular formula is C27H24ClF3N4O3. The number of carboxylic acids is 1. The van der Waals surface area contributed by atoms with Crippen LogP contribution in [0.2, 0.25) is 5.02 Å². The Hall–Kier alpha value is -3.79. The Kier molecular flexibility index (Phi) is 6.46. The first-order valence-corrected chi connectivity index (χ1v) is 12.3. The van der Waals surface area contributed by atoms with E-state index >= 15 is 0 Å². The largest absolute Gasteiger partial charge is 0.478 e. The molecule has 3 aromatic rings. The number of alkyl halides is 3. The van der Waals surface area contributed by atoms with Crippen LogP contribution in [0.15, 0.2) is 54.7 Å². The summed E-state index contributed by atoms with van der Waals surface area (Å²) >= 11 is 6.17. The van der Waals surface area contributed by atoms with Gasteiger partial charge in [0.15, 0.2) is 0 Å². The highest BCUT2D eigenvalue weighted by Gasteiger charge is 2.46. The number of halogens is 4. The van der Waals surface area contributed by atoms with Crippen LogP contribution in [0.25, 0.3) is 0 Å². The molecule has 7 nitrogen and oxygen atoms in total. The molecule has 0 bridgehead atoms. The number of pyridine rings is 1. The van der Waals surface area contributed by atoms with Crippen molar-refractivity contribution in [2.75, 3.05) is 23.3 Å². The van der Waals surface area contributed by atoms with Crippen LogP contribution in [0, 0.1) is 6.92 Å². The third-order valence-electron chi connectivity index (χ3n) is 6.96. The first-order chi connectivity index (χ1) is 17.9. The third-order valence-corrected chi connectivity index (χ3v) is 7.17. The van der Waals surface area contributed by atoms with Gasteiger partial charge in [0.1, 0.15) is 5.82 Å². The van der Waals surface area contributed by atoms with Gasteiger partial charge >= 0.3 is 12.1 Å². The predicted octanol–water partition coefficient (Wildman–Crippen LogP) is 5.48. The second kappa shape index (κ2) is 9.50. The molecule has 1 amide bonds. The van der Waals surface area contributed by atoms with Crippen molar-refractivity contribution in [2.24, 2.45) is 0 Å². The number of nitrogens with one attached hydrogen (secondary N) is 2. The van der Waals surface area contributed by atoms with E-state index in [1.807, 2.05) is 4.90 Å². The van der Waals surface area contributed by atoms with E-state index in [9.17, 15) is 22.8 Å². The van der Waals surface area contributed by atoms with Gasteiger partial charge in [-0.2, -0.15) is 13.2 Å². The molecule has 0 atom stereocenters. The molecule has 0 spiro atoms. The van der Waals surface area contributed by atoms with Crippen LogP contribution < -0.4 is 15.5 Å². The number of carbonyl (C=O) groups is 2. The molecule has 1 aliphatic heterocycles. The Morgan fingerprint density at radius 3 is 2.37 bits per heavy atom. The fourth-order valence-corrected chi connectivity index (χ4v) is 4.80. The molecule has 38 heavy (non-hydrogen) atoms. The van der Waals surface area contributed by atoms with E-state index in [4.69, 9.17) is 16.7 Å². The van der Waals surface area contributed by atoms with Gasteiger partial charge in [-0.15, -0.1) is 0 Å². The number of benzene rings is 2. The van der Waals surface area contributed by atoms with Crippen molar-refractivity contribution in [3.8, 4) is 0 Å². The van der Waals surface area contributed by atoms with E-state index in [-0.39, 0.29) is 17.5 Å². The van der Waals surface area contributed by atoms with Gasteiger partial charge in [0.2, 0.25) is 0 Å². The summed E-state index contributed by atoms with van der Waals surface area (Å²) in [4.78, 5) is 30.8. The standard InChI is InChI=1S/C27H24ClF3N4O3/c1-15-10-18(27(29,30)31)6-7-22(15)33-20-13-35(14-20)23-21(11-19(28)12-32-23)24(36)34-26(8-9-26)17-4-2-16(3-5-17)25(37)38/h2-7,10-12,20,33H,8-9,13-14H2,1H3,(H,34,36)(H,37,38). The first-order valence-electron chi connectivity index (χ1n) is 12.0. The number of aromatic nitrogens is 1. The van der Waals surface area contributed by atoms with Crippen LogP contribution >= 0.6 is 11.6 Å². The minimum atomic E-state index is -4.39. The summed E-state index contributed by atoms with van der Waals surface area (Å²) in [5.74, 6) is -0.896. The number of aryl methyl sites for hydroxylation is 1. The molecule has 0 unspecified atom stereocenters. The maximum atomic E-state index is 13.4. The highest BCUT2D eigenvalue weighted by Crippen LogP contribution is 2.46. The quantitative estimate of drug-likeness (QED) is 0.365. The number of hydrogen-bond donors (Lipinski definition) is 3. The van der Waals surface area contributed by atoms with E-state index < -0.39 is 23.2 Å². The zero-order valence-electron chi connectivity index (χ0n) is 20.3. The van der Waals surface area contributed by atoms with Crippen molar-refractivity contribution in [1.29, 1.82) is 0 Å². The molecule has 198 valence electrons. The van der Waals surface area contributed by atoms with Gasteiger partial charge in [-0.1, -0.05) is 23.7 Å². The zero-order valence-corrected chi connectivity index (χ0v) is 21.0. The Labute approximate surface area is 221 Å². The maximum absolute atomic E-state index is 13.4. The molecule has 0 radical (unpaired) electrons. The number of rotatable bonds is 7. The summed E-state index contributed by atoms with van der Waals surface area (Å²) in [6.45, 7) is 2.62. The van der Waals surface area contributed by atoms with Gasteiger partial charge in [0.05, 0.1) is 33.3 Å². The number of amides is 1. The molecule has 2 aliphatic rings. The number of carbonyl (C=O) groups excluding carboxylic acids is 1. The van der Waals surface area contributed by atoms with E-state index in [1.54, 1.807) is 25.1 Å². The number of anilines is 2. The molecule has 1 aromatic heterocycles. The smallest absolute Gasteiger partial charge is 0.416 e. The average Bonchev–Trinajstić information content (AvgIpc) is 3.62. The van der Waals surface area contributed by atoms with Crippen LogP contribution in [0.5, 0.6) is 0 Å². The van der Waals surface area contributed by atoms with Crippen molar-refractivity contribution in [3.63, 3.8) is 0 Å². The minimum absolute atomic E-state index is 0.0404. The minimum Gasteiger partial charge on any atom is -0.478 e. The van der Waals surface area contributed by atoms with E-state index in [1.165, 1.54) is 24.4 Å². The summed E-state index contributed by atoms with van der Waals surface area (Å²) in [6, 6.07) is 11.6. The van der Waals surface area contributed by atoms with E-state index in [0.717, 1.165) is 30.5 Å². The van der Waals surface area contributed by atoms with Crippen LogP contribution in [-0.2, 0) is 11.7 Å². The Bertz CT molecular complexity index is 1400. The van der Waals surface area contributed by atoms with Gasteiger partial charge in [-0.3, -0.25) is 4.79 Å². The number of hydrogen-bond acceptors (Lipinski definition) is 5.